The van der Waals surface area contributed by atoms with E-state index in [1.54, 1.807) is 24.3 Å². The minimum absolute atomic E-state index is 0.177. The Balaban J connectivity index is 1.73. The average Bonchev–Trinajstić information content (AvgIpc) is 3.16. The normalized spacial score (nSPS) is 19.0. The van der Waals surface area contributed by atoms with E-state index in [0.717, 1.165) is 16.5 Å². The van der Waals surface area contributed by atoms with Crippen molar-refractivity contribution in [3.05, 3.63) is 65.4 Å². The van der Waals surface area contributed by atoms with Crippen molar-refractivity contribution in [3.8, 4) is 0 Å². The Morgan fingerprint density at radius 2 is 1.86 bits per heavy atom. The van der Waals surface area contributed by atoms with Crippen LogP contribution in [0.5, 0.6) is 0 Å². The molecule has 0 saturated carbocycles. The average molecular weight is 419 g/mol. The summed E-state index contributed by atoms with van der Waals surface area (Å²) >= 11 is 6.65. The van der Waals surface area contributed by atoms with Crippen LogP contribution in [0.3, 0.4) is 0 Å². The fraction of sp³-hybridized carbons (Fsp3) is 0.250. The van der Waals surface area contributed by atoms with Gasteiger partial charge in [0, 0.05) is 17.4 Å². The predicted molar refractivity (Wildman–Crippen MR) is 107 cm³/mol. The van der Waals surface area contributed by atoms with Gasteiger partial charge in [0.2, 0.25) is 10.0 Å². The van der Waals surface area contributed by atoms with Gasteiger partial charge in [-0.15, -0.1) is 11.6 Å². The van der Waals surface area contributed by atoms with Crippen LogP contribution in [0.15, 0.2) is 53.4 Å². The summed E-state index contributed by atoms with van der Waals surface area (Å²) in [7, 11) is -2.43. The first-order chi connectivity index (χ1) is 13.3. The Labute approximate surface area is 168 Å². The van der Waals surface area contributed by atoms with Gasteiger partial charge in [0.15, 0.2) is 0 Å². The van der Waals surface area contributed by atoms with Crippen LogP contribution in [0.4, 0.5) is 0 Å². The summed E-state index contributed by atoms with van der Waals surface area (Å²) in [6.45, 7) is 2.22. The number of nitrogens with one attached hydrogen (secondary N) is 1. The molecule has 3 aromatic rings. The highest BCUT2D eigenvalue weighted by atomic mass is 35.5. The summed E-state index contributed by atoms with van der Waals surface area (Å²) in [4.78, 5) is 12.6. The first kappa shape index (κ1) is 19.0. The maximum Gasteiger partial charge on any atom is 0.340 e. The second kappa shape index (κ2) is 6.92. The Morgan fingerprint density at radius 3 is 2.54 bits per heavy atom. The number of fused-ring (bicyclic) bond motifs is 3. The SMILES string of the molecule is COC(=O)c1c2n(c3ccccc13)C[C@H](NS(=O)(=O)c1ccc(C)cc1)[C@H]2Cl. The lowest BCUT2D eigenvalue weighted by Crippen LogP contribution is -2.37. The van der Waals surface area contributed by atoms with Gasteiger partial charge in [-0.05, 0) is 25.1 Å². The number of benzene rings is 2. The molecule has 0 bridgehead atoms. The third-order valence-corrected chi connectivity index (χ3v) is 7.05. The number of ether oxygens (including phenoxy) is 1. The third kappa shape index (κ3) is 2.99. The van der Waals surface area contributed by atoms with Crippen LogP contribution in [-0.2, 0) is 21.3 Å². The molecule has 2 aromatic carbocycles. The van der Waals surface area contributed by atoms with E-state index in [1.807, 2.05) is 35.8 Å². The zero-order chi connectivity index (χ0) is 20.1. The molecule has 1 aromatic heterocycles. The molecule has 1 N–H and O–H groups in total. The molecule has 4 rings (SSSR count). The van der Waals surface area contributed by atoms with Crippen LogP contribution < -0.4 is 4.72 Å². The van der Waals surface area contributed by atoms with Crippen molar-refractivity contribution in [3.63, 3.8) is 0 Å². The Hall–Kier alpha value is -2.35. The molecular weight excluding hydrogens is 400 g/mol. The molecule has 0 radical (unpaired) electrons. The van der Waals surface area contributed by atoms with Crippen molar-refractivity contribution in [2.75, 3.05) is 7.11 Å². The van der Waals surface area contributed by atoms with E-state index in [0.29, 0.717) is 17.8 Å². The summed E-state index contributed by atoms with van der Waals surface area (Å²) in [6.07, 6.45) is 0. The summed E-state index contributed by atoms with van der Waals surface area (Å²) in [6, 6.07) is 13.4. The molecule has 0 aliphatic carbocycles. The van der Waals surface area contributed by atoms with Gasteiger partial charge in [0.25, 0.3) is 0 Å². The fourth-order valence-electron chi connectivity index (χ4n) is 3.68. The van der Waals surface area contributed by atoms with Gasteiger partial charge in [-0.1, -0.05) is 35.9 Å². The number of aryl methyl sites for hydroxylation is 1. The first-order valence-corrected chi connectivity index (χ1v) is 10.7. The lowest BCUT2D eigenvalue weighted by molar-refractivity contribution is 0.0601. The van der Waals surface area contributed by atoms with Crippen LogP contribution in [0.2, 0.25) is 0 Å². The van der Waals surface area contributed by atoms with Crippen LogP contribution >= 0.6 is 11.6 Å². The molecule has 2 atom stereocenters. The number of methoxy groups -OCH3 is 1. The summed E-state index contributed by atoms with van der Waals surface area (Å²) in [5, 5.41) is 0.0385. The number of para-hydroxylation sites is 1. The van der Waals surface area contributed by atoms with E-state index >= 15 is 0 Å². The number of halogens is 1. The highest BCUT2D eigenvalue weighted by Crippen LogP contribution is 2.41. The van der Waals surface area contributed by atoms with Crippen LogP contribution in [-0.4, -0.2) is 32.1 Å². The van der Waals surface area contributed by atoms with Gasteiger partial charge in [-0.25, -0.2) is 17.9 Å². The van der Waals surface area contributed by atoms with Gasteiger partial charge in [-0.2, -0.15) is 0 Å². The van der Waals surface area contributed by atoms with E-state index in [1.165, 1.54) is 7.11 Å². The number of sulfonamides is 1. The molecular formula is C20H19ClN2O4S. The number of esters is 1. The third-order valence-electron chi connectivity index (χ3n) is 5.03. The van der Waals surface area contributed by atoms with E-state index in [4.69, 9.17) is 16.3 Å². The first-order valence-electron chi connectivity index (χ1n) is 8.76. The molecule has 1 aliphatic rings. The molecule has 0 saturated heterocycles. The number of rotatable bonds is 4. The van der Waals surface area contributed by atoms with Gasteiger partial charge in [0.05, 0.1) is 34.7 Å². The zero-order valence-electron chi connectivity index (χ0n) is 15.3. The van der Waals surface area contributed by atoms with Crippen LogP contribution in [0.1, 0.15) is 27.0 Å². The minimum atomic E-state index is -3.74. The molecule has 0 unspecified atom stereocenters. The quantitative estimate of drug-likeness (QED) is 0.520. The molecule has 8 heteroatoms. The largest absolute Gasteiger partial charge is 0.465 e. The Kier molecular flexibility index (Phi) is 4.69. The maximum absolute atomic E-state index is 12.8. The highest BCUT2D eigenvalue weighted by Gasteiger charge is 2.40. The van der Waals surface area contributed by atoms with Gasteiger partial charge in [-0.3, -0.25) is 0 Å². The smallest absolute Gasteiger partial charge is 0.340 e. The molecule has 0 amide bonds. The van der Waals surface area contributed by atoms with Crippen LogP contribution in [0, 0.1) is 6.92 Å². The van der Waals surface area contributed by atoms with E-state index in [-0.39, 0.29) is 4.90 Å². The molecule has 1 aliphatic heterocycles. The number of carbonyl (C=O) groups is 1. The lowest BCUT2D eigenvalue weighted by Gasteiger charge is -2.17. The molecule has 6 nitrogen and oxygen atoms in total. The van der Waals surface area contributed by atoms with E-state index in [2.05, 4.69) is 4.72 Å². The van der Waals surface area contributed by atoms with Crippen molar-refractivity contribution in [1.82, 2.24) is 9.29 Å². The van der Waals surface area contributed by atoms with Crippen LogP contribution in [0.25, 0.3) is 10.9 Å². The standard InChI is InChI=1S/C20H19ClN2O4S/c1-12-7-9-13(10-8-12)28(25,26)22-15-11-23-16-6-4-3-5-14(16)17(20(24)27-2)19(23)18(15)21/h3-10,15,18,22H,11H2,1-2H3/t15-,18+/m0/s1. The molecule has 0 spiro atoms. The van der Waals surface area contributed by atoms with Crippen molar-refractivity contribution >= 4 is 38.5 Å². The lowest BCUT2D eigenvalue weighted by atomic mass is 10.1. The fourth-order valence-corrected chi connectivity index (χ4v) is 5.37. The van der Waals surface area contributed by atoms with E-state index < -0.39 is 27.4 Å². The monoisotopic (exact) mass is 418 g/mol. The minimum Gasteiger partial charge on any atom is -0.465 e. The molecule has 0 fully saturated rings. The number of nitrogens with zero attached hydrogens (tertiary/aromatic N) is 1. The topological polar surface area (TPSA) is 77.4 Å². The van der Waals surface area contributed by atoms with Crippen molar-refractivity contribution < 1.29 is 17.9 Å². The number of carbonyl (C=O) groups excluding carboxylic acids is 1. The van der Waals surface area contributed by atoms with Gasteiger partial charge < -0.3 is 9.30 Å². The Morgan fingerprint density at radius 1 is 1.18 bits per heavy atom. The maximum atomic E-state index is 12.8. The Bertz CT molecular complexity index is 1170. The zero-order valence-corrected chi connectivity index (χ0v) is 16.9. The second-order valence-electron chi connectivity index (χ2n) is 6.82. The summed E-state index contributed by atoms with van der Waals surface area (Å²) in [5.41, 5.74) is 2.75. The second-order valence-corrected chi connectivity index (χ2v) is 9.01. The number of hydrogen-bond acceptors (Lipinski definition) is 4. The number of alkyl halides is 1. The van der Waals surface area contributed by atoms with Crippen molar-refractivity contribution in [2.24, 2.45) is 0 Å². The van der Waals surface area contributed by atoms with Gasteiger partial charge >= 0.3 is 5.97 Å². The number of hydrogen-bond donors (Lipinski definition) is 1. The molecule has 28 heavy (non-hydrogen) atoms. The number of aromatic nitrogens is 1. The predicted octanol–water partition coefficient (Wildman–Crippen LogP) is 3.38. The molecule has 2 heterocycles. The van der Waals surface area contributed by atoms with Gasteiger partial charge in [0.1, 0.15) is 0 Å². The van der Waals surface area contributed by atoms with Crippen molar-refractivity contribution in [2.45, 2.75) is 29.8 Å². The highest BCUT2D eigenvalue weighted by molar-refractivity contribution is 7.89. The van der Waals surface area contributed by atoms with E-state index in [9.17, 15) is 13.2 Å². The van der Waals surface area contributed by atoms with Crippen molar-refractivity contribution in [1.29, 1.82) is 0 Å². The summed E-state index contributed by atoms with van der Waals surface area (Å²) in [5.74, 6) is -0.488. The molecule has 146 valence electrons. The summed E-state index contributed by atoms with van der Waals surface area (Å²) < 4.78 is 35.1.